The van der Waals surface area contributed by atoms with Gasteiger partial charge in [-0.15, -0.1) is 0 Å². The fraction of sp³-hybridized carbons (Fsp3) is 0.250. The molecule has 0 aliphatic carbocycles. The number of halogens is 1. The Bertz CT molecular complexity index is 1400. The Morgan fingerprint density at radius 2 is 2.00 bits per heavy atom. The number of aromatic nitrogens is 1. The molecular formula is C24H20FNO5. The van der Waals surface area contributed by atoms with Crippen LogP contribution in [0.4, 0.5) is 4.39 Å². The van der Waals surface area contributed by atoms with Crippen LogP contribution in [0.25, 0.3) is 33.7 Å². The lowest BCUT2D eigenvalue weighted by Gasteiger charge is -2.37. The fourth-order valence-electron chi connectivity index (χ4n) is 4.42. The van der Waals surface area contributed by atoms with Gasteiger partial charge in [-0.25, -0.2) is 9.18 Å². The molecule has 1 aliphatic heterocycles. The van der Waals surface area contributed by atoms with E-state index >= 15 is 4.39 Å². The molecule has 31 heavy (non-hydrogen) atoms. The molecule has 0 spiro atoms. The number of para-hydroxylation sites is 1. The van der Waals surface area contributed by atoms with Crippen LogP contribution >= 0.6 is 0 Å². The highest BCUT2D eigenvalue weighted by molar-refractivity contribution is 5.97. The van der Waals surface area contributed by atoms with Gasteiger partial charge in [-0.1, -0.05) is 32.9 Å². The van der Waals surface area contributed by atoms with E-state index in [9.17, 15) is 14.7 Å². The van der Waals surface area contributed by atoms with Crippen molar-refractivity contribution in [1.82, 2.24) is 4.57 Å². The molecule has 1 atom stereocenters. The van der Waals surface area contributed by atoms with Crippen LogP contribution in [-0.2, 0) is 6.42 Å². The number of fused-ring (bicyclic) bond motifs is 5. The zero-order chi connectivity index (χ0) is 22.1. The maximum absolute atomic E-state index is 15.4. The number of furan rings is 2. The Balaban J connectivity index is 1.88. The van der Waals surface area contributed by atoms with Gasteiger partial charge in [-0.3, -0.25) is 4.79 Å². The van der Waals surface area contributed by atoms with Crippen molar-refractivity contribution in [2.45, 2.75) is 33.2 Å². The van der Waals surface area contributed by atoms with E-state index < -0.39 is 22.8 Å². The normalized spacial score (nSPS) is 15.7. The van der Waals surface area contributed by atoms with Crippen molar-refractivity contribution >= 4 is 16.9 Å². The molecule has 0 bridgehead atoms. The summed E-state index contributed by atoms with van der Waals surface area (Å²) in [5.74, 6) is -1.71. The SMILES string of the molecule is CC(C)(C)C1Cc2c(oc3c(-c4ccco4)cccc23)-c2c(F)c(=O)c(C(=O)O)cn21. The Hall–Kier alpha value is -3.61. The van der Waals surface area contributed by atoms with E-state index in [1.165, 1.54) is 6.20 Å². The third kappa shape index (κ3) is 2.76. The Morgan fingerprint density at radius 1 is 1.23 bits per heavy atom. The highest BCUT2D eigenvalue weighted by atomic mass is 19.1. The first kappa shape index (κ1) is 19.4. The molecule has 4 aromatic rings. The number of hydrogen-bond acceptors (Lipinski definition) is 4. The van der Waals surface area contributed by atoms with Gasteiger partial charge in [-0.05, 0) is 30.0 Å². The van der Waals surface area contributed by atoms with Crippen molar-refractivity contribution in [1.29, 1.82) is 0 Å². The summed E-state index contributed by atoms with van der Waals surface area (Å²) in [6.07, 6.45) is 3.30. The number of pyridine rings is 1. The highest BCUT2D eigenvalue weighted by Crippen LogP contribution is 2.48. The van der Waals surface area contributed by atoms with Crippen molar-refractivity contribution in [3.05, 3.63) is 70.0 Å². The van der Waals surface area contributed by atoms with Crippen molar-refractivity contribution in [2.24, 2.45) is 5.41 Å². The minimum atomic E-state index is -1.46. The lowest BCUT2D eigenvalue weighted by molar-refractivity contribution is 0.0692. The molecule has 0 saturated carbocycles. The van der Waals surface area contributed by atoms with Crippen LogP contribution in [0.5, 0.6) is 0 Å². The molecule has 0 fully saturated rings. The van der Waals surface area contributed by atoms with Crippen LogP contribution in [0.3, 0.4) is 0 Å². The van der Waals surface area contributed by atoms with Crippen LogP contribution in [-0.4, -0.2) is 15.6 Å². The summed E-state index contributed by atoms with van der Waals surface area (Å²) >= 11 is 0. The predicted molar refractivity (Wildman–Crippen MR) is 113 cm³/mol. The molecule has 4 heterocycles. The maximum Gasteiger partial charge on any atom is 0.341 e. The molecule has 6 nitrogen and oxygen atoms in total. The molecule has 1 aliphatic rings. The van der Waals surface area contributed by atoms with E-state index in [1.54, 1.807) is 16.9 Å². The van der Waals surface area contributed by atoms with Gasteiger partial charge in [-0.2, -0.15) is 0 Å². The van der Waals surface area contributed by atoms with Crippen LogP contribution in [0.15, 0.2) is 56.4 Å². The van der Waals surface area contributed by atoms with Gasteiger partial charge in [0.05, 0.1) is 11.8 Å². The smallest absolute Gasteiger partial charge is 0.341 e. The molecule has 1 N–H and O–H groups in total. The van der Waals surface area contributed by atoms with E-state index in [2.05, 4.69) is 0 Å². The van der Waals surface area contributed by atoms with Gasteiger partial charge in [0.25, 0.3) is 0 Å². The molecule has 0 saturated heterocycles. The second-order valence-corrected chi connectivity index (χ2v) is 8.90. The van der Waals surface area contributed by atoms with E-state index in [-0.39, 0.29) is 22.9 Å². The largest absolute Gasteiger partial charge is 0.477 e. The van der Waals surface area contributed by atoms with Crippen LogP contribution < -0.4 is 5.43 Å². The third-order valence-corrected chi connectivity index (χ3v) is 5.96. The number of carboxylic acids is 1. The number of carboxylic acid groups (broad SMARTS) is 1. The molecule has 7 heteroatoms. The summed E-state index contributed by atoms with van der Waals surface area (Å²) < 4.78 is 28.6. The Kier molecular flexibility index (Phi) is 4.02. The van der Waals surface area contributed by atoms with Gasteiger partial charge in [0.2, 0.25) is 5.43 Å². The minimum absolute atomic E-state index is 0.0160. The first-order valence-corrected chi connectivity index (χ1v) is 9.95. The number of carbonyl (C=O) groups is 1. The van der Waals surface area contributed by atoms with E-state index in [4.69, 9.17) is 8.83 Å². The monoisotopic (exact) mass is 421 g/mol. The lowest BCUT2D eigenvalue weighted by atomic mass is 9.79. The molecule has 158 valence electrons. The van der Waals surface area contributed by atoms with E-state index in [0.717, 1.165) is 16.5 Å². The Labute approximate surface area is 176 Å². The molecule has 0 radical (unpaired) electrons. The Morgan fingerprint density at radius 3 is 2.65 bits per heavy atom. The summed E-state index contributed by atoms with van der Waals surface area (Å²) in [5, 5.41) is 10.2. The predicted octanol–water partition coefficient (Wildman–Crippen LogP) is 5.50. The standard InChI is InChI=1S/C24H20FNO5/c1-24(2,3)17-10-14-12-6-4-7-13(16-8-5-9-30-16)21(12)31-22(14)19-18(25)20(27)15(23(28)29)11-26(17)19/h4-9,11,17H,10H2,1-3H3,(H,28,29). The molecule has 3 aromatic heterocycles. The number of hydrogen-bond donors (Lipinski definition) is 1. The number of benzene rings is 1. The minimum Gasteiger partial charge on any atom is -0.477 e. The number of nitrogens with zero attached hydrogens (tertiary/aromatic N) is 1. The van der Waals surface area contributed by atoms with E-state index in [0.29, 0.717) is 17.8 Å². The lowest BCUT2D eigenvalue weighted by Crippen LogP contribution is -2.34. The topological polar surface area (TPSA) is 85.6 Å². The summed E-state index contributed by atoms with van der Waals surface area (Å²) in [6.45, 7) is 6.00. The van der Waals surface area contributed by atoms with Gasteiger partial charge in [0.1, 0.15) is 22.6 Å². The molecule has 0 amide bonds. The summed E-state index contributed by atoms with van der Waals surface area (Å²) in [4.78, 5) is 24.1. The zero-order valence-corrected chi connectivity index (χ0v) is 17.2. The molecule has 1 unspecified atom stereocenters. The summed E-state index contributed by atoms with van der Waals surface area (Å²) in [5.41, 5.74) is -0.0375. The zero-order valence-electron chi connectivity index (χ0n) is 17.2. The maximum atomic E-state index is 15.4. The molecular weight excluding hydrogens is 401 g/mol. The van der Waals surface area contributed by atoms with Crippen molar-refractivity contribution in [3.63, 3.8) is 0 Å². The molecule has 1 aromatic carbocycles. The summed E-state index contributed by atoms with van der Waals surface area (Å²) in [7, 11) is 0. The van der Waals surface area contributed by atoms with Crippen molar-refractivity contribution in [3.8, 4) is 22.8 Å². The first-order valence-electron chi connectivity index (χ1n) is 9.95. The van der Waals surface area contributed by atoms with Crippen LogP contribution in [0, 0.1) is 11.2 Å². The second kappa shape index (κ2) is 6.44. The van der Waals surface area contributed by atoms with Crippen LogP contribution in [0.1, 0.15) is 42.7 Å². The van der Waals surface area contributed by atoms with Gasteiger partial charge in [0.15, 0.2) is 11.6 Å². The van der Waals surface area contributed by atoms with Crippen molar-refractivity contribution in [2.75, 3.05) is 0 Å². The quantitative estimate of drug-likeness (QED) is 0.462. The molecule has 5 rings (SSSR count). The number of rotatable bonds is 2. The average Bonchev–Trinajstić information content (AvgIpc) is 3.36. The van der Waals surface area contributed by atoms with Gasteiger partial charge >= 0.3 is 5.97 Å². The third-order valence-electron chi connectivity index (χ3n) is 5.96. The fourth-order valence-corrected chi connectivity index (χ4v) is 4.42. The van der Waals surface area contributed by atoms with Gasteiger partial charge < -0.3 is 18.5 Å². The second-order valence-electron chi connectivity index (χ2n) is 8.90. The van der Waals surface area contributed by atoms with Gasteiger partial charge in [0, 0.05) is 23.2 Å². The van der Waals surface area contributed by atoms with Crippen molar-refractivity contribution < 1.29 is 23.1 Å². The van der Waals surface area contributed by atoms with E-state index in [1.807, 2.05) is 45.0 Å². The average molecular weight is 421 g/mol. The number of aromatic carboxylic acids is 1. The van der Waals surface area contributed by atoms with Crippen LogP contribution in [0.2, 0.25) is 0 Å². The highest BCUT2D eigenvalue weighted by Gasteiger charge is 2.39. The summed E-state index contributed by atoms with van der Waals surface area (Å²) in [6, 6.07) is 8.95. The first-order chi connectivity index (χ1) is 14.7.